The van der Waals surface area contributed by atoms with Crippen LogP contribution < -0.4 is 15.0 Å². The number of aromatic amines is 1. The fraction of sp³-hybridized carbons (Fsp3) is 0.208. The molecule has 2 N–H and O–H groups in total. The Morgan fingerprint density at radius 2 is 1.97 bits per heavy atom. The van der Waals surface area contributed by atoms with Gasteiger partial charge in [-0.25, -0.2) is 0 Å². The molecule has 146 valence electrons. The third-order valence-electron chi connectivity index (χ3n) is 5.40. The zero-order valence-corrected chi connectivity index (χ0v) is 16.4. The van der Waals surface area contributed by atoms with Crippen molar-refractivity contribution in [3.8, 4) is 5.75 Å². The molecular weight excluding hydrogens is 360 g/mol. The Morgan fingerprint density at radius 3 is 2.86 bits per heavy atom. The number of rotatable bonds is 5. The Kier molecular flexibility index (Phi) is 4.56. The van der Waals surface area contributed by atoms with Crippen molar-refractivity contribution < 1.29 is 4.74 Å². The maximum absolute atomic E-state index is 6.15. The van der Waals surface area contributed by atoms with Crippen LogP contribution in [0.1, 0.15) is 12.5 Å². The summed E-state index contributed by atoms with van der Waals surface area (Å²) < 4.78 is 6.15. The first-order chi connectivity index (χ1) is 14.3. The summed E-state index contributed by atoms with van der Waals surface area (Å²) in [7, 11) is 0. The number of pyridine rings is 1. The Morgan fingerprint density at radius 1 is 1.10 bits per heavy atom. The van der Waals surface area contributed by atoms with Crippen LogP contribution in [0.3, 0.4) is 0 Å². The van der Waals surface area contributed by atoms with Gasteiger partial charge in [-0.15, -0.1) is 0 Å². The van der Waals surface area contributed by atoms with E-state index in [9.17, 15) is 0 Å². The maximum atomic E-state index is 6.15. The molecule has 0 amide bonds. The Labute approximate surface area is 170 Å². The molecule has 2 aromatic carbocycles. The predicted molar refractivity (Wildman–Crippen MR) is 118 cm³/mol. The van der Waals surface area contributed by atoms with E-state index in [1.54, 1.807) is 12.4 Å². The average Bonchev–Trinajstić information content (AvgIpc) is 3.15. The van der Waals surface area contributed by atoms with Gasteiger partial charge in [-0.05, 0) is 49.2 Å². The summed E-state index contributed by atoms with van der Waals surface area (Å²) in [5.74, 6) is 0.932. The van der Waals surface area contributed by atoms with Crippen molar-refractivity contribution in [2.24, 2.45) is 0 Å². The van der Waals surface area contributed by atoms with Crippen molar-refractivity contribution >= 4 is 28.0 Å². The molecule has 5 rings (SSSR count). The lowest BCUT2D eigenvalue weighted by molar-refractivity contribution is 0.213. The number of benzene rings is 2. The van der Waals surface area contributed by atoms with Gasteiger partial charge in [0, 0.05) is 53.5 Å². The monoisotopic (exact) mass is 384 g/mol. The van der Waals surface area contributed by atoms with Crippen LogP contribution in [0, 0.1) is 0 Å². The molecule has 0 fully saturated rings. The van der Waals surface area contributed by atoms with E-state index in [1.807, 2.05) is 12.1 Å². The van der Waals surface area contributed by atoms with Crippen LogP contribution in [-0.4, -0.2) is 29.2 Å². The van der Waals surface area contributed by atoms with Gasteiger partial charge in [0.05, 0.1) is 12.2 Å². The van der Waals surface area contributed by atoms with Gasteiger partial charge >= 0.3 is 0 Å². The van der Waals surface area contributed by atoms with Crippen molar-refractivity contribution in [2.75, 3.05) is 23.3 Å². The number of nitrogens with one attached hydrogen (secondary N) is 2. The van der Waals surface area contributed by atoms with Crippen molar-refractivity contribution in [1.82, 2.24) is 9.97 Å². The molecule has 29 heavy (non-hydrogen) atoms. The molecule has 1 aliphatic heterocycles. The van der Waals surface area contributed by atoms with Crippen molar-refractivity contribution in [1.29, 1.82) is 0 Å². The highest BCUT2D eigenvalue weighted by Crippen LogP contribution is 2.36. The topological polar surface area (TPSA) is 53.2 Å². The second-order valence-corrected chi connectivity index (χ2v) is 7.53. The summed E-state index contributed by atoms with van der Waals surface area (Å²) >= 11 is 0. The van der Waals surface area contributed by atoms with E-state index in [2.05, 4.69) is 75.8 Å². The molecule has 0 saturated heterocycles. The summed E-state index contributed by atoms with van der Waals surface area (Å²) in [5, 5.41) is 4.73. The van der Waals surface area contributed by atoms with Crippen LogP contribution in [0.5, 0.6) is 5.75 Å². The molecule has 1 unspecified atom stereocenters. The SMILES string of the molecule is CC1CN(CCc2c[nH]c3ccccc23)c2ccc(Nc3ccncc3)cc2O1. The number of para-hydroxylation sites is 1. The molecule has 0 bridgehead atoms. The molecule has 4 aromatic rings. The van der Waals surface area contributed by atoms with Crippen LogP contribution >= 0.6 is 0 Å². The van der Waals surface area contributed by atoms with Crippen molar-refractivity contribution in [3.63, 3.8) is 0 Å². The smallest absolute Gasteiger partial charge is 0.145 e. The van der Waals surface area contributed by atoms with Gasteiger partial charge < -0.3 is 19.9 Å². The molecule has 0 saturated carbocycles. The highest BCUT2D eigenvalue weighted by Gasteiger charge is 2.23. The van der Waals surface area contributed by atoms with E-state index in [0.29, 0.717) is 0 Å². The lowest BCUT2D eigenvalue weighted by atomic mass is 10.1. The summed E-state index contributed by atoms with van der Waals surface area (Å²) in [5.41, 5.74) is 5.74. The minimum absolute atomic E-state index is 0.154. The number of fused-ring (bicyclic) bond motifs is 2. The molecule has 0 radical (unpaired) electrons. The fourth-order valence-corrected chi connectivity index (χ4v) is 4.02. The highest BCUT2D eigenvalue weighted by molar-refractivity contribution is 5.83. The van der Waals surface area contributed by atoms with Gasteiger partial charge in [0.25, 0.3) is 0 Å². The quantitative estimate of drug-likeness (QED) is 0.500. The summed E-state index contributed by atoms with van der Waals surface area (Å²) in [6.45, 7) is 3.98. The van der Waals surface area contributed by atoms with Crippen molar-refractivity contribution in [3.05, 3.63) is 78.8 Å². The van der Waals surface area contributed by atoms with Crippen LogP contribution in [0.25, 0.3) is 10.9 Å². The molecule has 0 spiro atoms. The first-order valence-electron chi connectivity index (χ1n) is 10.0. The molecular formula is C24H24N4O. The highest BCUT2D eigenvalue weighted by atomic mass is 16.5. The lowest BCUT2D eigenvalue weighted by Gasteiger charge is -2.35. The number of anilines is 3. The number of ether oxygens (including phenoxy) is 1. The minimum Gasteiger partial charge on any atom is -0.487 e. The Bertz CT molecular complexity index is 1120. The first-order valence-corrected chi connectivity index (χ1v) is 10.0. The van der Waals surface area contributed by atoms with Gasteiger partial charge in [0.2, 0.25) is 0 Å². The van der Waals surface area contributed by atoms with Gasteiger partial charge in [-0.3, -0.25) is 4.98 Å². The summed E-state index contributed by atoms with van der Waals surface area (Å²) in [4.78, 5) is 9.87. The summed E-state index contributed by atoms with van der Waals surface area (Å²) in [6, 6.07) is 18.7. The zero-order valence-electron chi connectivity index (χ0n) is 16.4. The van der Waals surface area contributed by atoms with E-state index in [0.717, 1.165) is 42.3 Å². The van der Waals surface area contributed by atoms with Gasteiger partial charge in [-0.1, -0.05) is 18.2 Å². The second kappa shape index (κ2) is 7.51. The minimum atomic E-state index is 0.154. The largest absolute Gasteiger partial charge is 0.487 e. The fourth-order valence-electron chi connectivity index (χ4n) is 4.02. The average molecular weight is 384 g/mol. The van der Waals surface area contributed by atoms with Crippen LogP contribution in [0.2, 0.25) is 0 Å². The summed E-state index contributed by atoms with van der Waals surface area (Å²) in [6.07, 6.45) is 6.85. The van der Waals surface area contributed by atoms with Crippen LogP contribution in [-0.2, 0) is 6.42 Å². The van der Waals surface area contributed by atoms with E-state index >= 15 is 0 Å². The maximum Gasteiger partial charge on any atom is 0.145 e. The van der Waals surface area contributed by atoms with E-state index in [1.165, 1.54) is 16.5 Å². The third-order valence-corrected chi connectivity index (χ3v) is 5.40. The Hall–Kier alpha value is -3.47. The number of hydrogen-bond donors (Lipinski definition) is 2. The molecule has 5 heteroatoms. The lowest BCUT2D eigenvalue weighted by Crippen LogP contribution is -2.39. The molecule has 3 heterocycles. The number of aromatic nitrogens is 2. The number of hydrogen-bond acceptors (Lipinski definition) is 4. The van der Waals surface area contributed by atoms with Gasteiger partial charge in [0.15, 0.2) is 0 Å². The molecule has 0 aliphatic carbocycles. The standard InChI is InChI=1S/C24H24N4O/c1-17-16-28(13-10-18-15-26-22-5-3-2-4-21(18)22)23-7-6-20(14-24(23)29-17)27-19-8-11-25-12-9-19/h2-9,11-12,14-15,17,26H,10,13,16H2,1H3,(H,25,27). The molecule has 1 aliphatic rings. The normalized spacial score (nSPS) is 15.8. The van der Waals surface area contributed by atoms with E-state index in [4.69, 9.17) is 4.74 Å². The molecule has 5 nitrogen and oxygen atoms in total. The predicted octanol–water partition coefficient (Wildman–Crippen LogP) is 5.14. The number of H-pyrrole nitrogens is 1. The second-order valence-electron chi connectivity index (χ2n) is 7.53. The Balaban J connectivity index is 1.35. The van der Waals surface area contributed by atoms with E-state index < -0.39 is 0 Å². The molecule has 1 atom stereocenters. The first kappa shape index (κ1) is 17.6. The van der Waals surface area contributed by atoms with Crippen molar-refractivity contribution in [2.45, 2.75) is 19.4 Å². The van der Waals surface area contributed by atoms with Crippen LogP contribution in [0.15, 0.2) is 73.2 Å². The molecule has 2 aromatic heterocycles. The van der Waals surface area contributed by atoms with Crippen LogP contribution in [0.4, 0.5) is 17.1 Å². The van der Waals surface area contributed by atoms with Gasteiger partial charge in [-0.2, -0.15) is 0 Å². The van der Waals surface area contributed by atoms with Gasteiger partial charge in [0.1, 0.15) is 11.9 Å². The zero-order chi connectivity index (χ0) is 19.6. The third kappa shape index (κ3) is 3.63. The van der Waals surface area contributed by atoms with E-state index in [-0.39, 0.29) is 6.10 Å². The number of nitrogens with zero attached hydrogens (tertiary/aromatic N) is 2.